The van der Waals surface area contributed by atoms with Crippen molar-refractivity contribution in [3.05, 3.63) is 18.3 Å². The summed E-state index contributed by atoms with van der Waals surface area (Å²) in [6, 6.07) is 3.91. The number of hydrogen-bond acceptors (Lipinski definition) is 4. The third-order valence-electron chi connectivity index (χ3n) is 3.48. The third-order valence-corrected chi connectivity index (χ3v) is 3.48. The first-order chi connectivity index (χ1) is 9.54. The maximum Gasteiger partial charge on any atom is 0.225 e. The molecule has 1 saturated heterocycles. The molecule has 1 fully saturated rings. The summed E-state index contributed by atoms with van der Waals surface area (Å²) in [5, 5.41) is 2.83. The van der Waals surface area contributed by atoms with E-state index in [0.717, 1.165) is 31.9 Å². The van der Waals surface area contributed by atoms with Gasteiger partial charge in [0, 0.05) is 32.6 Å². The van der Waals surface area contributed by atoms with Gasteiger partial charge in [0.25, 0.3) is 0 Å². The maximum absolute atomic E-state index is 11.7. The van der Waals surface area contributed by atoms with Crippen LogP contribution in [0.3, 0.4) is 0 Å². The van der Waals surface area contributed by atoms with Crippen LogP contribution in [0.4, 0.5) is 11.5 Å². The van der Waals surface area contributed by atoms with Gasteiger partial charge < -0.3 is 15.1 Å². The number of piperazine rings is 1. The van der Waals surface area contributed by atoms with Crippen molar-refractivity contribution >= 4 is 17.4 Å². The minimum absolute atomic E-state index is 0.0276. The molecule has 0 aliphatic carbocycles. The number of likely N-dealkylation sites (N-methyl/N-ethyl adjacent to an activating group) is 1. The van der Waals surface area contributed by atoms with E-state index in [-0.39, 0.29) is 5.91 Å². The summed E-state index contributed by atoms with van der Waals surface area (Å²) in [5.41, 5.74) is 1.12. The molecule has 1 amide bonds. The average Bonchev–Trinajstić information content (AvgIpc) is 2.39. The fourth-order valence-corrected chi connectivity index (χ4v) is 2.28. The van der Waals surface area contributed by atoms with Crippen LogP contribution in [0.1, 0.15) is 20.3 Å². The molecule has 0 spiro atoms. The van der Waals surface area contributed by atoms with Gasteiger partial charge in [-0.15, -0.1) is 0 Å². The zero-order chi connectivity index (χ0) is 14.5. The number of pyridine rings is 1. The van der Waals surface area contributed by atoms with Gasteiger partial charge in [-0.1, -0.05) is 13.8 Å². The number of rotatable bonds is 4. The minimum atomic E-state index is 0.0276. The van der Waals surface area contributed by atoms with Crippen LogP contribution < -0.4 is 10.2 Å². The summed E-state index contributed by atoms with van der Waals surface area (Å²) in [5.74, 6) is 1.02. The second kappa shape index (κ2) is 6.70. The van der Waals surface area contributed by atoms with Crippen molar-refractivity contribution in [1.29, 1.82) is 0 Å². The van der Waals surface area contributed by atoms with Crippen molar-refractivity contribution in [2.24, 2.45) is 5.92 Å². The molecule has 1 aliphatic heterocycles. The lowest BCUT2D eigenvalue weighted by atomic mass is 10.1. The largest absolute Gasteiger partial charge is 0.368 e. The molecule has 1 aliphatic rings. The predicted molar refractivity (Wildman–Crippen MR) is 82.0 cm³/mol. The molecule has 0 aromatic carbocycles. The molecule has 0 radical (unpaired) electrons. The Morgan fingerprint density at radius 1 is 1.30 bits per heavy atom. The molecule has 5 heteroatoms. The molecule has 0 saturated carbocycles. The molecule has 110 valence electrons. The fourth-order valence-electron chi connectivity index (χ4n) is 2.28. The molecule has 20 heavy (non-hydrogen) atoms. The van der Waals surface area contributed by atoms with Crippen molar-refractivity contribution in [2.45, 2.75) is 20.3 Å². The smallest absolute Gasteiger partial charge is 0.225 e. The number of carbonyl (C=O) groups excluding carboxylic acids is 1. The molecule has 2 rings (SSSR count). The normalized spacial score (nSPS) is 16.5. The minimum Gasteiger partial charge on any atom is -0.368 e. The molecule has 2 heterocycles. The van der Waals surface area contributed by atoms with Gasteiger partial charge in [0.05, 0.1) is 11.9 Å². The van der Waals surface area contributed by atoms with E-state index in [9.17, 15) is 4.79 Å². The van der Waals surface area contributed by atoms with Crippen LogP contribution in [0.2, 0.25) is 0 Å². The van der Waals surface area contributed by atoms with Crippen molar-refractivity contribution in [2.75, 3.05) is 43.4 Å². The summed E-state index contributed by atoms with van der Waals surface area (Å²) in [6.45, 7) is 8.27. The summed E-state index contributed by atoms with van der Waals surface area (Å²) >= 11 is 0. The molecule has 1 aromatic rings. The molecule has 0 unspecified atom stereocenters. The first-order valence-corrected chi connectivity index (χ1v) is 7.24. The first-order valence-electron chi connectivity index (χ1n) is 7.24. The van der Waals surface area contributed by atoms with E-state index in [1.165, 1.54) is 0 Å². The Morgan fingerprint density at radius 3 is 2.55 bits per heavy atom. The fraction of sp³-hybridized carbons (Fsp3) is 0.600. The quantitative estimate of drug-likeness (QED) is 0.911. The van der Waals surface area contributed by atoms with E-state index in [1.807, 2.05) is 32.2 Å². The van der Waals surface area contributed by atoms with E-state index in [2.05, 4.69) is 27.1 Å². The van der Waals surface area contributed by atoms with Gasteiger partial charge in [0.2, 0.25) is 5.91 Å². The highest BCUT2D eigenvalue weighted by atomic mass is 16.1. The number of anilines is 2. The lowest BCUT2D eigenvalue weighted by Crippen LogP contribution is -2.44. The number of hydrogen-bond donors (Lipinski definition) is 1. The Bertz CT molecular complexity index is 436. The second-order valence-corrected chi connectivity index (χ2v) is 5.84. The van der Waals surface area contributed by atoms with Crippen LogP contribution in [-0.2, 0) is 4.79 Å². The van der Waals surface area contributed by atoms with Gasteiger partial charge in [-0.3, -0.25) is 4.79 Å². The van der Waals surface area contributed by atoms with Gasteiger partial charge in [-0.05, 0) is 25.1 Å². The Balaban J connectivity index is 1.91. The van der Waals surface area contributed by atoms with E-state index in [1.54, 1.807) is 0 Å². The summed E-state index contributed by atoms with van der Waals surface area (Å²) < 4.78 is 0. The van der Waals surface area contributed by atoms with Crippen molar-refractivity contribution in [3.63, 3.8) is 0 Å². The Morgan fingerprint density at radius 2 is 2.00 bits per heavy atom. The Labute approximate surface area is 121 Å². The summed E-state index contributed by atoms with van der Waals surface area (Å²) in [6.07, 6.45) is 2.37. The first kappa shape index (κ1) is 14.8. The predicted octanol–water partition coefficient (Wildman–Crippen LogP) is 1.82. The highest BCUT2D eigenvalue weighted by molar-refractivity contribution is 5.89. The van der Waals surface area contributed by atoms with Gasteiger partial charge in [0.1, 0.15) is 5.82 Å². The van der Waals surface area contributed by atoms with Gasteiger partial charge in [0.15, 0.2) is 0 Å². The number of aromatic nitrogens is 1. The number of nitrogens with one attached hydrogen (secondary N) is 1. The average molecular weight is 276 g/mol. The maximum atomic E-state index is 11.7. The topological polar surface area (TPSA) is 48.5 Å². The molecule has 0 atom stereocenters. The van der Waals surface area contributed by atoms with Crippen LogP contribution in [0.15, 0.2) is 18.3 Å². The molecule has 1 aromatic heterocycles. The van der Waals surface area contributed by atoms with Crippen LogP contribution in [-0.4, -0.2) is 49.0 Å². The number of amides is 1. The lowest BCUT2D eigenvalue weighted by Gasteiger charge is -2.33. The zero-order valence-electron chi connectivity index (χ0n) is 12.6. The van der Waals surface area contributed by atoms with E-state index in [0.29, 0.717) is 18.2 Å². The molecule has 1 N–H and O–H groups in total. The number of carbonyl (C=O) groups is 1. The van der Waals surface area contributed by atoms with E-state index < -0.39 is 0 Å². The van der Waals surface area contributed by atoms with Crippen LogP contribution in [0, 0.1) is 5.92 Å². The van der Waals surface area contributed by atoms with Crippen molar-refractivity contribution in [3.8, 4) is 0 Å². The van der Waals surface area contributed by atoms with Crippen molar-refractivity contribution < 1.29 is 4.79 Å². The van der Waals surface area contributed by atoms with Gasteiger partial charge in [-0.2, -0.15) is 0 Å². The molecular weight excluding hydrogens is 252 g/mol. The van der Waals surface area contributed by atoms with Crippen LogP contribution >= 0.6 is 0 Å². The highest BCUT2D eigenvalue weighted by Crippen LogP contribution is 2.17. The molecule has 0 bridgehead atoms. The summed E-state index contributed by atoms with van der Waals surface area (Å²) in [7, 11) is 2.14. The third kappa shape index (κ3) is 4.20. The monoisotopic (exact) mass is 276 g/mol. The van der Waals surface area contributed by atoms with Gasteiger partial charge >= 0.3 is 0 Å². The van der Waals surface area contributed by atoms with Crippen LogP contribution in [0.5, 0.6) is 0 Å². The SMILES string of the molecule is CC(C)CC(=O)Nc1ccc(N2CCN(C)CC2)cn1. The zero-order valence-corrected chi connectivity index (χ0v) is 12.6. The highest BCUT2D eigenvalue weighted by Gasteiger charge is 2.14. The lowest BCUT2D eigenvalue weighted by molar-refractivity contribution is -0.116. The van der Waals surface area contributed by atoms with E-state index >= 15 is 0 Å². The number of nitrogens with zero attached hydrogens (tertiary/aromatic N) is 3. The Kier molecular flexibility index (Phi) is 4.95. The molecule has 5 nitrogen and oxygen atoms in total. The molecular formula is C15H24N4O. The van der Waals surface area contributed by atoms with Gasteiger partial charge in [-0.25, -0.2) is 4.98 Å². The van der Waals surface area contributed by atoms with Crippen molar-refractivity contribution in [1.82, 2.24) is 9.88 Å². The Hall–Kier alpha value is -1.62. The summed E-state index contributed by atoms with van der Waals surface area (Å²) in [4.78, 5) is 20.7. The standard InChI is InChI=1S/C15H24N4O/c1-12(2)10-15(20)17-14-5-4-13(11-16-14)19-8-6-18(3)7-9-19/h4-5,11-12H,6-10H2,1-3H3,(H,16,17,20). The second-order valence-electron chi connectivity index (χ2n) is 5.84. The van der Waals surface area contributed by atoms with E-state index in [4.69, 9.17) is 0 Å². The van der Waals surface area contributed by atoms with Crippen LogP contribution in [0.25, 0.3) is 0 Å².